The molecule has 1 unspecified atom stereocenters. The first-order valence-electron chi connectivity index (χ1n) is 11.5. The summed E-state index contributed by atoms with van der Waals surface area (Å²) in [6.07, 6.45) is 0.563. The van der Waals surface area contributed by atoms with Crippen LogP contribution in [0.15, 0.2) is 35.2 Å². The molecule has 192 valence electrons. The molecule has 11 heteroatoms. The van der Waals surface area contributed by atoms with Gasteiger partial charge in [-0.3, -0.25) is 9.59 Å². The highest BCUT2D eigenvalue weighted by Gasteiger charge is 2.50. The molecule has 0 aliphatic carbocycles. The first kappa shape index (κ1) is 25.8. The van der Waals surface area contributed by atoms with Gasteiger partial charge in [0.2, 0.25) is 0 Å². The summed E-state index contributed by atoms with van der Waals surface area (Å²) in [5, 5.41) is 13.5. The number of piperidine rings is 1. The van der Waals surface area contributed by atoms with Gasteiger partial charge >= 0.3 is 6.09 Å². The number of halogens is 1. The number of carbonyl (C=O) groups is 3. The largest absolute Gasteiger partial charge is 0.507 e. The summed E-state index contributed by atoms with van der Waals surface area (Å²) in [4.78, 5) is 42.7. The van der Waals surface area contributed by atoms with E-state index in [2.05, 4.69) is 0 Å². The average Bonchev–Trinajstić information content (AvgIpc) is 3.50. The van der Waals surface area contributed by atoms with E-state index in [1.54, 1.807) is 16.7 Å². The highest BCUT2D eigenvalue weighted by Crippen LogP contribution is 2.45. The van der Waals surface area contributed by atoms with Crippen LogP contribution >= 0.6 is 22.9 Å². The standard InChI is InChI=1S/C25H27ClN2O7S/c1-4-35-25(32)27-9-7-14(8-10-27)28-21(19-6-5-11-36-19)20(23(30)24(28)31)22(29)15-12-16(26)18(34-3)13-17(15)33-2/h5-6,11-14,21,29H,4,7-10H2,1-3H3/b22-20-. The second kappa shape index (κ2) is 10.8. The lowest BCUT2D eigenvalue weighted by atomic mass is 9.97. The van der Waals surface area contributed by atoms with Gasteiger partial charge in [0.05, 0.1) is 43.0 Å². The van der Waals surface area contributed by atoms with E-state index >= 15 is 0 Å². The Bertz CT molecular complexity index is 1190. The van der Waals surface area contributed by atoms with E-state index in [0.29, 0.717) is 31.7 Å². The summed E-state index contributed by atoms with van der Waals surface area (Å²) in [5.74, 6) is -1.27. The number of methoxy groups -OCH3 is 2. The summed E-state index contributed by atoms with van der Waals surface area (Å²) in [5.41, 5.74) is 0.148. The lowest BCUT2D eigenvalue weighted by Crippen LogP contribution is -2.48. The maximum atomic E-state index is 13.4. The second-order valence-electron chi connectivity index (χ2n) is 8.33. The van der Waals surface area contributed by atoms with Crippen molar-refractivity contribution in [2.75, 3.05) is 33.9 Å². The number of ether oxygens (including phenoxy) is 3. The SMILES string of the molecule is CCOC(=O)N1CCC(N2C(=O)C(=O)/C(=C(\O)c3cc(Cl)c(OC)cc3OC)C2c2cccs2)CC1. The van der Waals surface area contributed by atoms with E-state index in [4.69, 9.17) is 25.8 Å². The van der Waals surface area contributed by atoms with E-state index in [-0.39, 0.29) is 40.3 Å². The molecule has 0 saturated carbocycles. The van der Waals surface area contributed by atoms with Crippen molar-refractivity contribution < 1.29 is 33.7 Å². The van der Waals surface area contributed by atoms with Crippen LogP contribution in [0.1, 0.15) is 36.2 Å². The Balaban J connectivity index is 1.75. The molecule has 0 bridgehead atoms. The molecule has 1 N–H and O–H groups in total. The Morgan fingerprint density at radius 3 is 2.44 bits per heavy atom. The van der Waals surface area contributed by atoms with Crippen molar-refractivity contribution >= 4 is 46.5 Å². The molecule has 2 aliphatic rings. The van der Waals surface area contributed by atoms with Crippen molar-refractivity contribution in [1.29, 1.82) is 0 Å². The summed E-state index contributed by atoms with van der Waals surface area (Å²) in [6.45, 7) is 2.82. The number of nitrogens with zero attached hydrogens (tertiary/aromatic N) is 2. The third-order valence-corrected chi connectivity index (χ3v) is 7.63. The monoisotopic (exact) mass is 534 g/mol. The summed E-state index contributed by atoms with van der Waals surface area (Å²) < 4.78 is 15.7. The molecule has 4 rings (SSSR count). The van der Waals surface area contributed by atoms with Gasteiger partial charge in [0.15, 0.2) is 0 Å². The van der Waals surface area contributed by atoms with Gasteiger partial charge in [0, 0.05) is 30.1 Å². The predicted molar refractivity (Wildman–Crippen MR) is 135 cm³/mol. The van der Waals surface area contributed by atoms with Crippen LogP contribution in [0.3, 0.4) is 0 Å². The number of amides is 2. The molecule has 2 fully saturated rings. The molecule has 3 heterocycles. The lowest BCUT2D eigenvalue weighted by molar-refractivity contribution is -0.142. The van der Waals surface area contributed by atoms with E-state index in [9.17, 15) is 19.5 Å². The average molecular weight is 535 g/mol. The van der Waals surface area contributed by atoms with Crippen molar-refractivity contribution in [2.24, 2.45) is 0 Å². The van der Waals surface area contributed by atoms with Gasteiger partial charge in [-0.15, -0.1) is 11.3 Å². The van der Waals surface area contributed by atoms with Crippen LogP contribution in [-0.2, 0) is 14.3 Å². The van der Waals surface area contributed by atoms with E-state index in [1.807, 2.05) is 17.5 Å². The molecule has 0 radical (unpaired) electrons. The smallest absolute Gasteiger partial charge is 0.409 e. The third kappa shape index (κ3) is 4.62. The number of benzene rings is 1. The molecule has 0 spiro atoms. The fourth-order valence-corrected chi connectivity index (χ4v) is 5.76. The van der Waals surface area contributed by atoms with Gasteiger partial charge in [0.25, 0.3) is 11.7 Å². The molecule has 2 aliphatic heterocycles. The van der Waals surface area contributed by atoms with Gasteiger partial charge < -0.3 is 29.1 Å². The van der Waals surface area contributed by atoms with Crippen LogP contribution in [-0.4, -0.2) is 72.6 Å². The highest BCUT2D eigenvalue weighted by atomic mass is 35.5. The number of hydrogen-bond acceptors (Lipinski definition) is 8. The Morgan fingerprint density at radius 1 is 1.17 bits per heavy atom. The van der Waals surface area contributed by atoms with Gasteiger partial charge in [-0.1, -0.05) is 17.7 Å². The van der Waals surface area contributed by atoms with E-state index in [1.165, 1.54) is 37.7 Å². The van der Waals surface area contributed by atoms with Gasteiger partial charge in [-0.25, -0.2) is 4.79 Å². The summed E-state index contributed by atoms with van der Waals surface area (Å²) in [6, 6.07) is 5.53. The van der Waals surface area contributed by atoms with Crippen LogP contribution < -0.4 is 9.47 Å². The molecule has 2 amide bonds. The van der Waals surface area contributed by atoms with Crippen LogP contribution in [0.4, 0.5) is 4.79 Å². The molecule has 1 atom stereocenters. The molecule has 1 aromatic carbocycles. The fraction of sp³-hybridized carbons (Fsp3) is 0.400. The van der Waals surface area contributed by atoms with Crippen molar-refractivity contribution in [1.82, 2.24) is 9.80 Å². The van der Waals surface area contributed by atoms with E-state index in [0.717, 1.165) is 4.88 Å². The number of ketones is 1. The first-order chi connectivity index (χ1) is 17.3. The zero-order chi connectivity index (χ0) is 26.0. The topological polar surface area (TPSA) is 106 Å². The first-order valence-corrected chi connectivity index (χ1v) is 12.7. The predicted octanol–water partition coefficient (Wildman–Crippen LogP) is 4.46. The van der Waals surface area contributed by atoms with Crippen molar-refractivity contribution in [3.8, 4) is 11.5 Å². The van der Waals surface area contributed by atoms with E-state index < -0.39 is 23.8 Å². The van der Waals surface area contributed by atoms with Crippen LogP contribution in [0.5, 0.6) is 11.5 Å². The maximum Gasteiger partial charge on any atom is 0.409 e. The van der Waals surface area contributed by atoms with Gasteiger partial charge in [-0.2, -0.15) is 0 Å². The van der Waals surface area contributed by atoms with Crippen LogP contribution in [0.25, 0.3) is 5.76 Å². The Kier molecular flexibility index (Phi) is 7.75. The quantitative estimate of drug-likeness (QED) is 0.331. The number of rotatable bonds is 6. The second-order valence-corrected chi connectivity index (χ2v) is 9.71. The minimum atomic E-state index is -0.785. The lowest BCUT2D eigenvalue weighted by Gasteiger charge is -2.38. The molecule has 2 aromatic rings. The Labute approximate surface area is 217 Å². The number of thiophene rings is 1. The minimum absolute atomic E-state index is 0.0326. The van der Waals surface area contributed by atoms with Crippen molar-refractivity contribution in [3.05, 3.63) is 50.7 Å². The minimum Gasteiger partial charge on any atom is -0.507 e. The number of aliphatic hydroxyl groups is 1. The number of aliphatic hydroxyl groups excluding tert-OH is 1. The van der Waals surface area contributed by atoms with Gasteiger partial charge in [0.1, 0.15) is 17.3 Å². The molecule has 2 saturated heterocycles. The zero-order valence-corrected chi connectivity index (χ0v) is 21.7. The van der Waals surface area contributed by atoms with Crippen LogP contribution in [0.2, 0.25) is 5.02 Å². The van der Waals surface area contributed by atoms with Gasteiger partial charge in [-0.05, 0) is 37.3 Å². The number of hydrogen-bond donors (Lipinski definition) is 1. The maximum absolute atomic E-state index is 13.4. The Hall–Kier alpha value is -3.24. The van der Waals surface area contributed by atoms with Crippen molar-refractivity contribution in [2.45, 2.75) is 31.8 Å². The fourth-order valence-electron chi connectivity index (χ4n) is 4.68. The number of likely N-dealkylation sites (tertiary alicyclic amines) is 2. The number of carbonyl (C=O) groups excluding carboxylic acids is 3. The molecular formula is C25H27ClN2O7S. The molecule has 1 aromatic heterocycles. The summed E-state index contributed by atoms with van der Waals surface area (Å²) in [7, 11) is 2.88. The Morgan fingerprint density at radius 2 is 1.86 bits per heavy atom. The highest BCUT2D eigenvalue weighted by molar-refractivity contribution is 7.10. The number of Topliss-reactive ketones (excluding diaryl/α,β-unsaturated/α-hetero) is 1. The van der Waals surface area contributed by atoms with Crippen molar-refractivity contribution in [3.63, 3.8) is 0 Å². The zero-order valence-electron chi connectivity index (χ0n) is 20.2. The summed E-state index contributed by atoms with van der Waals surface area (Å²) >= 11 is 7.69. The van der Waals surface area contributed by atoms with Crippen LogP contribution in [0, 0.1) is 0 Å². The third-order valence-electron chi connectivity index (χ3n) is 6.41. The molecule has 9 nitrogen and oxygen atoms in total. The molecular weight excluding hydrogens is 508 g/mol. The normalized spacial score (nSPS) is 20.1. The molecule has 36 heavy (non-hydrogen) atoms.